The number of rotatable bonds is 2. The summed E-state index contributed by atoms with van der Waals surface area (Å²) in [5, 5.41) is 11.4. The van der Waals surface area contributed by atoms with Gasteiger partial charge in [0.05, 0.1) is 21.4 Å². The predicted octanol–water partition coefficient (Wildman–Crippen LogP) is 5.55. The van der Waals surface area contributed by atoms with Gasteiger partial charge >= 0.3 is 0 Å². The van der Waals surface area contributed by atoms with Crippen molar-refractivity contribution in [3.8, 4) is 11.6 Å². The van der Waals surface area contributed by atoms with Gasteiger partial charge in [0, 0.05) is 16.8 Å². The van der Waals surface area contributed by atoms with Crippen LogP contribution < -0.4 is 5.56 Å². The molecule has 5 nitrogen and oxygen atoms in total. The number of aromatic nitrogens is 2. The monoisotopic (exact) mass is 429 g/mol. The van der Waals surface area contributed by atoms with Gasteiger partial charge in [-0.15, -0.1) is 0 Å². The molecular formula is C20H13Cl2N3O2S. The molecule has 3 aromatic rings. The third-order valence-corrected chi connectivity index (χ3v) is 5.55. The normalized spacial score (nSPS) is 14.2. The van der Waals surface area contributed by atoms with Crippen molar-refractivity contribution in [2.45, 2.75) is 6.92 Å². The second-order valence-corrected chi connectivity index (χ2v) is 7.35. The predicted molar refractivity (Wildman–Crippen MR) is 116 cm³/mol. The zero-order chi connectivity index (χ0) is 20.0. The summed E-state index contributed by atoms with van der Waals surface area (Å²) < 4.78 is 1.29. The molecule has 140 valence electrons. The lowest BCUT2D eigenvalue weighted by molar-refractivity contribution is 0.432. The standard InChI is InChI=1S/C20H13Cl2N3O2S/c1-10-12(11-5-2-3-7-15(11)23-10)9-13-18(26)24-20(28)25(19(13)27)16-8-4-6-14(21)17(16)22/h2-9,27H,1H3,(H,24,26,28)/b12-9+. The van der Waals surface area contributed by atoms with Gasteiger partial charge in [0.15, 0.2) is 4.77 Å². The summed E-state index contributed by atoms with van der Waals surface area (Å²) in [5.41, 5.74) is 3.09. The van der Waals surface area contributed by atoms with Crippen molar-refractivity contribution in [3.05, 3.63) is 78.8 Å². The van der Waals surface area contributed by atoms with Crippen molar-refractivity contribution < 1.29 is 5.11 Å². The minimum Gasteiger partial charge on any atom is -0.494 e. The number of para-hydroxylation sites is 1. The van der Waals surface area contributed by atoms with Gasteiger partial charge in [0.2, 0.25) is 5.88 Å². The van der Waals surface area contributed by atoms with Crippen LogP contribution in [0.4, 0.5) is 5.69 Å². The molecule has 0 unspecified atom stereocenters. The highest BCUT2D eigenvalue weighted by Crippen LogP contribution is 2.37. The molecule has 0 aliphatic carbocycles. The molecule has 0 saturated carbocycles. The molecule has 0 radical (unpaired) electrons. The number of hydrogen-bond donors (Lipinski definition) is 2. The quantitative estimate of drug-likeness (QED) is 0.524. The van der Waals surface area contributed by atoms with Crippen molar-refractivity contribution in [1.29, 1.82) is 0 Å². The van der Waals surface area contributed by atoms with E-state index in [9.17, 15) is 9.90 Å². The first kappa shape index (κ1) is 18.7. The van der Waals surface area contributed by atoms with Crippen molar-refractivity contribution >= 4 is 58.5 Å². The number of H-pyrrole nitrogens is 1. The molecule has 0 atom stereocenters. The molecule has 0 amide bonds. The number of aromatic amines is 1. The van der Waals surface area contributed by atoms with E-state index in [0.717, 1.165) is 22.5 Å². The van der Waals surface area contributed by atoms with E-state index in [1.165, 1.54) is 4.57 Å². The Bertz CT molecular complexity index is 1310. The number of nitrogens with one attached hydrogen (secondary N) is 1. The van der Waals surface area contributed by atoms with E-state index in [0.29, 0.717) is 10.7 Å². The van der Waals surface area contributed by atoms with Crippen LogP contribution in [0, 0.1) is 4.77 Å². The number of aliphatic imine (C=N–C) groups is 1. The second-order valence-electron chi connectivity index (χ2n) is 6.18. The molecule has 28 heavy (non-hydrogen) atoms. The Balaban J connectivity index is 1.98. The number of allylic oxidation sites excluding steroid dienone is 1. The number of hydrogen-bond acceptors (Lipinski definition) is 4. The molecule has 0 spiro atoms. The maximum absolute atomic E-state index is 12.6. The summed E-state index contributed by atoms with van der Waals surface area (Å²) >= 11 is 17.6. The Morgan fingerprint density at radius 2 is 1.93 bits per heavy atom. The maximum atomic E-state index is 12.6. The van der Waals surface area contributed by atoms with Gasteiger partial charge < -0.3 is 5.11 Å². The Morgan fingerprint density at radius 1 is 1.18 bits per heavy atom. The highest BCUT2D eigenvalue weighted by molar-refractivity contribution is 7.71. The molecule has 0 bridgehead atoms. The highest BCUT2D eigenvalue weighted by Gasteiger charge is 2.21. The smallest absolute Gasteiger partial charge is 0.262 e. The minimum atomic E-state index is -0.512. The fourth-order valence-corrected chi connectivity index (χ4v) is 3.78. The van der Waals surface area contributed by atoms with Crippen LogP contribution in [0.15, 0.2) is 52.3 Å². The topological polar surface area (TPSA) is 70.4 Å². The van der Waals surface area contributed by atoms with Gasteiger partial charge in [-0.1, -0.05) is 47.5 Å². The molecule has 1 aliphatic rings. The van der Waals surface area contributed by atoms with E-state index in [2.05, 4.69) is 9.98 Å². The highest BCUT2D eigenvalue weighted by atomic mass is 35.5. The van der Waals surface area contributed by atoms with Crippen LogP contribution >= 0.6 is 35.4 Å². The van der Waals surface area contributed by atoms with E-state index in [-0.39, 0.29) is 21.2 Å². The SMILES string of the molecule is CC1=Nc2ccccc2/C1=C/c1c(O)n(-c2cccc(Cl)c2Cl)c(=S)[nH]c1=O. The van der Waals surface area contributed by atoms with Crippen LogP contribution in [-0.2, 0) is 0 Å². The Morgan fingerprint density at radius 3 is 2.71 bits per heavy atom. The first-order valence-corrected chi connectivity index (χ1v) is 9.44. The van der Waals surface area contributed by atoms with Gasteiger partial charge in [-0.3, -0.25) is 19.3 Å². The lowest BCUT2D eigenvalue weighted by Gasteiger charge is -2.14. The van der Waals surface area contributed by atoms with E-state index >= 15 is 0 Å². The molecule has 4 rings (SSSR count). The van der Waals surface area contributed by atoms with Crippen molar-refractivity contribution in [3.63, 3.8) is 0 Å². The van der Waals surface area contributed by atoms with Crippen LogP contribution in [0.5, 0.6) is 5.88 Å². The van der Waals surface area contributed by atoms with Gasteiger partial charge in [-0.2, -0.15) is 0 Å². The number of halogens is 2. The number of aromatic hydroxyl groups is 1. The lowest BCUT2D eigenvalue weighted by Crippen LogP contribution is -2.16. The molecule has 0 saturated heterocycles. The summed E-state index contributed by atoms with van der Waals surface area (Å²) in [5.74, 6) is -0.331. The van der Waals surface area contributed by atoms with Crippen molar-refractivity contribution in [2.24, 2.45) is 4.99 Å². The Hall–Kier alpha value is -2.67. The molecule has 1 aromatic heterocycles. The first-order valence-electron chi connectivity index (χ1n) is 8.28. The zero-order valence-corrected chi connectivity index (χ0v) is 16.9. The molecule has 2 N–H and O–H groups in total. The summed E-state index contributed by atoms with van der Waals surface area (Å²) in [4.78, 5) is 19.6. The molecular weight excluding hydrogens is 417 g/mol. The average Bonchev–Trinajstić information content (AvgIpc) is 2.97. The van der Waals surface area contributed by atoms with Crippen LogP contribution in [0.2, 0.25) is 10.0 Å². The molecule has 2 aromatic carbocycles. The van der Waals surface area contributed by atoms with Gasteiger partial charge in [0.25, 0.3) is 5.56 Å². The van der Waals surface area contributed by atoms with E-state index in [4.69, 9.17) is 35.4 Å². The van der Waals surface area contributed by atoms with E-state index in [1.54, 1.807) is 24.3 Å². The fourth-order valence-electron chi connectivity index (χ4n) is 3.12. The number of benzene rings is 2. The maximum Gasteiger partial charge on any atom is 0.262 e. The third kappa shape index (κ3) is 2.99. The molecule has 1 aliphatic heterocycles. The first-order chi connectivity index (χ1) is 13.4. The van der Waals surface area contributed by atoms with Gasteiger partial charge in [-0.25, -0.2) is 0 Å². The second kappa shape index (κ2) is 7.05. The lowest BCUT2D eigenvalue weighted by atomic mass is 10.0. The summed E-state index contributed by atoms with van der Waals surface area (Å²) in [6.07, 6.45) is 1.60. The van der Waals surface area contributed by atoms with Crippen molar-refractivity contribution in [1.82, 2.24) is 9.55 Å². The van der Waals surface area contributed by atoms with Gasteiger partial charge in [-0.05, 0) is 43.4 Å². The third-order valence-electron chi connectivity index (χ3n) is 4.45. The van der Waals surface area contributed by atoms with Gasteiger partial charge in [0.1, 0.15) is 5.56 Å². The van der Waals surface area contributed by atoms with E-state index in [1.807, 2.05) is 31.2 Å². The summed E-state index contributed by atoms with van der Waals surface area (Å²) in [6.45, 7) is 1.85. The van der Waals surface area contributed by atoms with Crippen LogP contribution in [-0.4, -0.2) is 20.4 Å². The number of nitrogens with zero attached hydrogens (tertiary/aromatic N) is 2. The fraction of sp³-hybridized carbons (Fsp3) is 0.0500. The molecule has 2 heterocycles. The zero-order valence-electron chi connectivity index (χ0n) is 14.5. The number of fused-ring (bicyclic) bond motifs is 1. The molecule has 0 fully saturated rings. The summed E-state index contributed by atoms with van der Waals surface area (Å²) in [6, 6.07) is 12.5. The van der Waals surface area contributed by atoms with Crippen LogP contribution in [0.25, 0.3) is 17.3 Å². The Kier molecular flexibility index (Phi) is 4.71. The van der Waals surface area contributed by atoms with Crippen molar-refractivity contribution in [2.75, 3.05) is 0 Å². The van der Waals surface area contributed by atoms with Crippen LogP contribution in [0.3, 0.4) is 0 Å². The summed E-state index contributed by atoms with van der Waals surface area (Å²) in [7, 11) is 0. The van der Waals surface area contributed by atoms with Crippen LogP contribution in [0.1, 0.15) is 18.1 Å². The average molecular weight is 430 g/mol. The molecule has 8 heteroatoms. The minimum absolute atomic E-state index is 0.00558. The van der Waals surface area contributed by atoms with E-state index < -0.39 is 5.56 Å². The Labute approximate surface area is 175 Å². The largest absolute Gasteiger partial charge is 0.494 e.